The average Bonchev–Trinajstić information content (AvgIpc) is 3.07. The minimum Gasteiger partial charge on any atom is -0.346 e. The monoisotopic (exact) mass is 443 g/mol. The second-order valence-corrected chi connectivity index (χ2v) is 8.31. The summed E-state index contributed by atoms with van der Waals surface area (Å²) in [6, 6.07) is 12.1. The molecule has 2 heterocycles. The van der Waals surface area contributed by atoms with Crippen molar-refractivity contribution in [2.75, 3.05) is 0 Å². The number of nitrogens with zero attached hydrogens (tertiary/aromatic N) is 1. The fourth-order valence-corrected chi connectivity index (χ4v) is 4.28. The van der Waals surface area contributed by atoms with Gasteiger partial charge >= 0.3 is 0 Å². The zero-order chi connectivity index (χ0) is 20.5. The molecule has 2 N–H and O–H groups in total. The molecule has 0 aliphatic carbocycles. The van der Waals surface area contributed by atoms with Crippen LogP contribution in [0.25, 0.3) is 11.0 Å². The van der Waals surface area contributed by atoms with Gasteiger partial charge in [-0.25, -0.2) is 4.98 Å². The molecule has 4 rings (SSSR count). The molecular formula is C21H15Cl2N3O2S. The molecule has 0 saturated heterocycles. The third-order valence-corrected chi connectivity index (χ3v) is 5.98. The number of rotatable bonds is 5. The summed E-state index contributed by atoms with van der Waals surface area (Å²) in [5, 5.41) is 1.93. The predicted octanol–water partition coefficient (Wildman–Crippen LogP) is 5.39. The minimum atomic E-state index is -0.163. The molecule has 5 nitrogen and oxygen atoms in total. The molecule has 0 radical (unpaired) electrons. The highest BCUT2D eigenvalue weighted by Crippen LogP contribution is 2.25. The topological polar surface area (TPSA) is 78.6 Å². The zero-order valence-electron chi connectivity index (χ0n) is 15.3. The number of benzene rings is 2. The third kappa shape index (κ3) is 4.10. The van der Waals surface area contributed by atoms with E-state index in [0.717, 1.165) is 11.1 Å². The van der Waals surface area contributed by atoms with Crippen molar-refractivity contribution in [2.45, 2.75) is 17.8 Å². The van der Waals surface area contributed by atoms with E-state index < -0.39 is 0 Å². The number of aryl methyl sites for hydroxylation is 1. The van der Waals surface area contributed by atoms with Crippen molar-refractivity contribution in [3.05, 3.63) is 91.3 Å². The number of aromatic nitrogens is 3. The van der Waals surface area contributed by atoms with Crippen LogP contribution in [0.3, 0.4) is 0 Å². The number of hydrogen-bond donors (Lipinski definition) is 2. The molecule has 4 aromatic rings. The van der Waals surface area contributed by atoms with Gasteiger partial charge in [-0.1, -0.05) is 59.2 Å². The van der Waals surface area contributed by atoms with Crippen LogP contribution in [0.5, 0.6) is 0 Å². The van der Waals surface area contributed by atoms with Gasteiger partial charge < -0.3 is 9.97 Å². The number of ketones is 1. The maximum atomic E-state index is 12.6. The first-order chi connectivity index (χ1) is 13.9. The largest absolute Gasteiger partial charge is 0.346 e. The summed E-state index contributed by atoms with van der Waals surface area (Å²) >= 11 is 13.4. The molecule has 0 fully saturated rings. The molecule has 8 heteroatoms. The second-order valence-electron chi connectivity index (χ2n) is 6.51. The van der Waals surface area contributed by atoms with Crippen LogP contribution in [0.2, 0.25) is 10.0 Å². The highest BCUT2D eigenvalue weighted by atomic mass is 35.5. The number of aromatic amines is 2. The van der Waals surface area contributed by atoms with Gasteiger partial charge in [-0.3, -0.25) is 9.59 Å². The summed E-state index contributed by atoms with van der Waals surface area (Å²) in [5.74, 6) is 0.439. The molecular weight excluding hydrogens is 429 g/mol. The van der Waals surface area contributed by atoms with Crippen molar-refractivity contribution in [1.29, 1.82) is 0 Å². The van der Waals surface area contributed by atoms with E-state index in [2.05, 4.69) is 15.0 Å². The lowest BCUT2D eigenvalue weighted by molar-refractivity contribution is 0.103. The van der Waals surface area contributed by atoms with Crippen molar-refractivity contribution in [3.63, 3.8) is 0 Å². The van der Waals surface area contributed by atoms with E-state index in [1.165, 1.54) is 11.8 Å². The molecule has 146 valence electrons. The van der Waals surface area contributed by atoms with Gasteiger partial charge in [0.15, 0.2) is 10.9 Å². The first-order valence-corrected chi connectivity index (χ1v) is 10.5. The van der Waals surface area contributed by atoms with Gasteiger partial charge in [0, 0.05) is 28.1 Å². The van der Waals surface area contributed by atoms with Crippen molar-refractivity contribution >= 4 is 51.8 Å². The molecule has 0 saturated carbocycles. The second kappa shape index (κ2) is 8.06. The van der Waals surface area contributed by atoms with E-state index in [4.69, 9.17) is 23.2 Å². The van der Waals surface area contributed by atoms with Gasteiger partial charge in [-0.15, -0.1) is 0 Å². The van der Waals surface area contributed by atoms with Gasteiger partial charge in [-0.05, 0) is 36.2 Å². The molecule has 0 aliphatic heterocycles. The Morgan fingerprint density at radius 3 is 2.62 bits per heavy atom. The Hall–Kier alpha value is -2.54. The third-order valence-electron chi connectivity index (χ3n) is 4.48. The molecule has 0 unspecified atom stereocenters. The van der Waals surface area contributed by atoms with E-state index in [1.54, 1.807) is 36.5 Å². The minimum absolute atomic E-state index is 0.156. The summed E-state index contributed by atoms with van der Waals surface area (Å²) in [5.41, 5.74) is 3.24. The SMILES string of the molecule is Cc1c[nH]c2nc(SCc3ccc(C(=O)c4ccc(Cl)cc4Cl)cc3)[nH]c(=O)c12. The highest BCUT2D eigenvalue weighted by Gasteiger charge is 2.13. The van der Waals surface area contributed by atoms with Crippen LogP contribution in [-0.2, 0) is 5.75 Å². The van der Waals surface area contributed by atoms with Crippen LogP contribution >= 0.6 is 35.0 Å². The van der Waals surface area contributed by atoms with Crippen molar-refractivity contribution in [1.82, 2.24) is 15.0 Å². The molecule has 0 amide bonds. The van der Waals surface area contributed by atoms with Crippen LogP contribution in [0, 0.1) is 6.92 Å². The number of thioether (sulfide) groups is 1. The number of H-pyrrole nitrogens is 2. The van der Waals surface area contributed by atoms with E-state index in [-0.39, 0.29) is 11.3 Å². The standard InChI is InChI=1S/C21H15Cl2N3O2S/c1-11-9-24-19-17(11)20(28)26-21(25-19)29-10-12-2-4-13(5-3-12)18(27)15-7-6-14(22)8-16(15)23/h2-9H,10H2,1H3,(H2,24,25,26,28). The Bertz CT molecular complexity index is 1280. The average molecular weight is 444 g/mol. The Balaban J connectivity index is 1.48. The summed E-state index contributed by atoms with van der Waals surface area (Å²) in [6.45, 7) is 1.86. The summed E-state index contributed by atoms with van der Waals surface area (Å²) in [7, 11) is 0. The lowest BCUT2D eigenvalue weighted by atomic mass is 10.0. The normalized spacial score (nSPS) is 11.1. The Kier molecular flexibility index (Phi) is 5.50. The molecule has 2 aromatic heterocycles. The molecule has 29 heavy (non-hydrogen) atoms. The van der Waals surface area contributed by atoms with Crippen LogP contribution in [0.1, 0.15) is 27.0 Å². The Morgan fingerprint density at radius 2 is 1.90 bits per heavy atom. The summed E-state index contributed by atoms with van der Waals surface area (Å²) < 4.78 is 0. The number of carbonyl (C=O) groups is 1. The van der Waals surface area contributed by atoms with Crippen LogP contribution in [0.4, 0.5) is 0 Å². The highest BCUT2D eigenvalue weighted by molar-refractivity contribution is 7.98. The Morgan fingerprint density at radius 1 is 1.14 bits per heavy atom. The number of fused-ring (bicyclic) bond motifs is 1. The maximum absolute atomic E-state index is 12.6. The lowest BCUT2D eigenvalue weighted by Gasteiger charge is -2.06. The summed E-state index contributed by atoms with van der Waals surface area (Å²) in [6.07, 6.45) is 1.77. The Labute approximate surface area is 180 Å². The quantitative estimate of drug-likeness (QED) is 0.246. The fraction of sp³-hybridized carbons (Fsp3) is 0.0952. The summed E-state index contributed by atoms with van der Waals surface area (Å²) in [4.78, 5) is 35.1. The predicted molar refractivity (Wildman–Crippen MR) is 117 cm³/mol. The van der Waals surface area contributed by atoms with E-state index in [9.17, 15) is 9.59 Å². The zero-order valence-corrected chi connectivity index (χ0v) is 17.6. The smallest absolute Gasteiger partial charge is 0.261 e. The van der Waals surface area contributed by atoms with Crippen LogP contribution in [0.15, 0.2) is 58.6 Å². The van der Waals surface area contributed by atoms with Gasteiger partial charge in [-0.2, -0.15) is 0 Å². The van der Waals surface area contributed by atoms with E-state index >= 15 is 0 Å². The number of halogens is 2. The lowest BCUT2D eigenvalue weighted by Crippen LogP contribution is -2.09. The molecule has 0 atom stereocenters. The van der Waals surface area contributed by atoms with Gasteiger partial charge in [0.1, 0.15) is 5.65 Å². The number of hydrogen-bond acceptors (Lipinski definition) is 4. The van der Waals surface area contributed by atoms with Crippen LogP contribution < -0.4 is 5.56 Å². The number of carbonyl (C=O) groups excluding carboxylic acids is 1. The van der Waals surface area contributed by atoms with Crippen molar-refractivity contribution in [2.24, 2.45) is 0 Å². The van der Waals surface area contributed by atoms with Gasteiger partial charge in [0.05, 0.1) is 10.4 Å². The first-order valence-electron chi connectivity index (χ1n) is 8.72. The maximum Gasteiger partial charge on any atom is 0.261 e. The molecule has 2 aromatic carbocycles. The van der Waals surface area contributed by atoms with Crippen molar-refractivity contribution in [3.8, 4) is 0 Å². The van der Waals surface area contributed by atoms with Crippen LogP contribution in [-0.4, -0.2) is 20.7 Å². The van der Waals surface area contributed by atoms with Crippen molar-refractivity contribution < 1.29 is 4.79 Å². The van der Waals surface area contributed by atoms with E-state index in [1.807, 2.05) is 19.1 Å². The molecule has 0 bridgehead atoms. The van der Waals surface area contributed by atoms with Gasteiger partial charge in [0.25, 0.3) is 5.56 Å². The molecule has 0 aliphatic rings. The van der Waals surface area contributed by atoms with E-state index in [0.29, 0.717) is 43.1 Å². The fourth-order valence-electron chi connectivity index (χ4n) is 2.97. The number of nitrogens with one attached hydrogen (secondary N) is 2. The van der Waals surface area contributed by atoms with Gasteiger partial charge in [0.2, 0.25) is 0 Å². The molecule has 0 spiro atoms. The first kappa shape index (κ1) is 19.8.